The van der Waals surface area contributed by atoms with Crippen LogP contribution in [-0.2, 0) is 6.42 Å². The molecular formula is C23H24N4O. The van der Waals surface area contributed by atoms with Crippen molar-refractivity contribution < 1.29 is 4.79 Å². The van der Waals surface area contributed by atoms with E-state index in [4.69, 9.17) is 0 Å². The van der Waals surface area contributed by atoms with Gasteiger partial charge in [-0.2, -0.15) is 0 Å². The van der Waals surface area contributed by atoms with Gasteiger partial charge in [-0.1, -0.05) is 24.3 Å². The summed E-state index contributed by atoms with van der Waals surface area (Å²) in [4.78, 5) is 24.1. The maximum absolute atomic E-state index is 12.8. The Bertz CT molecular complexity index is 1040. The van der Waals surface area contributed by atoms with Crippen molar-refractivity contribution in [1.29, 1.82) is 0 Å². The Kier molecular flexibility index (Phi) is 4.82. The highest BCUT2D eigenvalue weighted by Crippen LogP contribution is 2.31. The van der Waals surface area contributed by atoms with Crippen molar-refractivity contribution in [3.63, 3.8) is 0 Å². The normalized spacial score (nSPS) is 13.2. The van der Waals surface area contributed by atoms with Gasteiger partial charge in [-0.05, 0) is 74.6 Å². The van der Waals surface area contributed by atoms with Gasteiger partial charge in [0.15, 0.2) is 0 Å². The molecule has 0 saturated heterocycles. The molecule has 5 heteroatoms. The predicted molar refractivity (Wildman–Crippen MR) is 112 cm³/mol. The van der Waals surface area contributed by atoms with Gasteiger partial charge in [0.25, 0.3) is 5.91 Å². The highest BCUT2D eigenvalue weighted by atomic mass is 16.1. The van der Waals surface area contributed by atoms with Gasteiger partial charge in [-0.3, -0.25) is 4.79 Å². The Labute approximate surface area is 165 Å². The van der Waals surface area contributed by atoms with E-state index in [0.29, 0.717) is 11.6 Å². The number of carbonyl (C=O) groups excluding carboxylic acids is 1. The van der Waals surface area contributed by atoms with Crippen LogP contribution < -0.4 is 10.2 Å². The summed E-state index contributed by atoms with van der Waals surface area (Å²) < 4.78 is 0. The van der Waals surface area contributed by atoms with Crippen molar-refractivity contribution in [1.82, 2.24) is 9.97 Å². The van der Waals surface area contributed by atoms with E-state index in [-0.39, 0.29) is 5.91 Å². The van der Waals surface area contributed by atoms with Crippen molar-refractivity contribution in [3.8, 4) is 0 Å². The van der Waals surface area contributed by atoms with Crippen LogP contribution in [0.1, 0.15) is 39.3 Å². The lowest BCUT2D eigenvalue weighted by Gasteiger charge is -2.29. The van der Waals surface area contributed by atoms with Crippen LogP contribution in [0.15, 0.2) is 48.5 Å². The first kappa shape index (κ1) is 18.2. The molecule has 2 aromatic carbocycles. The fourth-order valence-electron chi connectivity index (χ4n) is 3.55. The Morgan fingerprint density at radius 1 is 1.00 bits per heavy atom. The molecule has 2 heterocycles. The number of carbonyl (C=O) groups is 1. The summed E-state index contributed by atoms with van der Waals surface area (Å²) in [5.41, 5.74) is 6.68. The molecule has 1 aliphatic heterocycles. The van der Waals surface area contributed by atoms with E-state index >= 15 is 0 Å². The molecule has 1 N–H and O–H groups in total. The maximum atomic E-state index is 12.8. The Hall–Kier alpha value is -3.21. The summed E-state index contributed by atoms with van der Waals surface area (Å²) in [6.07, 6.45) is 2.09. The van der Waals surface area contributed by atoms with Gasteiger partial charge in [-0.15, -0.1) is 0 Å². The van der Waals surface area contributed by atoms with E-state index in [1.807, 2.05) is 38.1 Å². The van der Waals surface area contributed by atoms with Gasteiger partial charge in [0.1, 0.15) is 5.69 Å². The lowest BCUT2D eigenvalue weighted by atomic mass is 10.0. The van der Waals surface area contributed by atoms with Crippen LogP contribution in [0.2, 0.25) is 0 Å². The second-order valence-corrected chi connectivity index (χ2v) is 7.33. The summed E-state index contributed by atoms with van der Waals surface area (Å²) in [7, 11) is 0. The van der Waals surface area contributed by atoms with Crippen LogP contribution in [0, 0.1) is 20.8 Å². The zero-order valence-electron chi connectivity index (χ0n) is 16.5. The molecule has 0 bridgehead atoms. The number of hydrogen-bond acceptors (Lipinski definition) is 4. The molecule has 0 fully saturated rings. The molecule has 1 aliphatic rings. The molecule has 0 aliphatic carbocycles. The maximum Gasteiger partial charge on any atom is 0.274 e. The first-order valence-corrected chi connectivity index (χ1v) is 9.61. The van der Waals surface area contributed by atoms with Gasteiger partial charge in [-0.25, -0.2) is 9.97 Å². The zero-order chi connectivity index (χ0) is 19.7. The zero-order valence-corrected chi connectivity index (χ0v) is 16.5. The van der Waals surface area contributed by atoms with E-state index in [9.17, 15) is 4.79 Å². The number of rotatable bonds is 3. The summed E-state index contributed by atoms with van der Waals surface area (Å²) in [5.74, 6) is 0.359. The fourth-order valence-corrected chi connectivity index (χ4v) is 3.55. The van der Waals surface area contributed by atoms with Crippen LogP contribution in [0.3, 0.4) is 0 Å². The lowest BCUT2D eigenvalue weighted by molar-refractivity contribution is 0.102. The average Bonchev–Trinajstić information content (AvgIpc) is 2.70. The molecule has 4 rings (SSSR count). The SMILES string of the molecule is Cc1cc(C(=O)Nc2ccc(C)c(C)c2)nc(N2CCCc3ccccc32)n1. The quantitative estimate of drug-likeness (QED) is 0.721. The fraction of sp³-hybridized carbons (Fsp3) is 0.261. The van der Waals surface area contributed by atoms with Crippen LogP contribution in [0.5, 0.6) is 0 Å². The van der Waals surface area contributed by atoms with Crippen molar-refractivity contribution in [2.75, 3.05) is 16.8 Å². The molecule has 28 heavy (non-hydrogen) atoms. The number of amides is 1. The number of benzene rings is 2. The number of nitrogens with one attached hydrogen (secondary N) is 1. The Morgan fingerprint density at radius 2 is 1.82 bits per heavy atom. The van der Waals surface area contributed by atoms with E-state index in [2.05, 4.69) is 45.3 Å². The minimum absolute atomic E-state index is 0.222. The minimum atomic E-state index is -0.222. The highest BCUT2D eigenvalue weighted by molar-refractivity contribution is 6.03. The van der Waals surface area contributed by atoms with Crippen molar-refractivity contribution in [2.45, 2.75) is 33.6 Å². The molecule has 1 amide bonds. The van der Waals surface area contributed by atoms with Gasteiger partial charge >= 0.3 is 0 Å². The second kappa shape index (κ2) is 7.43. The highest BCUT2D eigenvalue weighted by Gasteiger charge is 2.21. The molecule has 0 unspecified atom stereocenters. The van der Waals surface area contributed by atoms with Crippen LogP contribution in [0.4, 0.5) is 17.3 Å². The molecule has 0 radical (unpaired) electrons. The molecule has 142 valence electrons. The number of nitrogens with zero attached hydrogens (tertiary/aromatic N) is 3. The summed E-state index contributed by atoms with van der Waals surface area (Å²) in [5, 5.41) is 2.96. The first-order valence-electron chi connectivity index (χ1n) is 9.61. The lowest BCUT2D eigenvalue weighted by Crippen LogP contribution is -2.27. The van der Waals surface area contributed by atoms with Crippen LogP contribution in [-0.4, -0.2) is 22.4 Å². The largest absolute Gasteiger partial charge is 0.321 e. The third-order valence-electron chi connectivity index (χ3n) is 5.19. The smallest absolute Gasteiger partial charge is 0.274 e. The van der Waals surface area contributed by atoms with Gasteiger partial charge < -0.3 is 10.2 Å². The van der Waals surface area contributed by atoms with Crippen molar-refractivity contribution in [2.24, 2.45) is 0 Å². The van der Waals surface area contributed by atoms with Gasteiger partial charge in [0, 0.05) is 23.6 Å². The number of fused-ring (bicyclic) bond motifs is 1. The third kappa shape index (κ3) is 3.60. The molecular weight excluding hydrogens is 348 g/mol. The van der Waals surface area contributed by atoms with Crippen molar-refractivity contribution >= 4 is 23.2 Å². The predicted octanol–water partition coefficient (Wildman–Crippen LogP) is 4.74. The average molecular weight is 372 g/mol. The summed E-state index contributed by atoms with van der Waals surface area (Å²) >= 11 is 0. The van der Waals surface area contributed by atoms with Crippen molar-refractivity contribution in [3.05, 3.63) is 76.6 Å². The van der Waals surface area contributed by atoms with Crippen LogP contribution in [0.25, 0.3) is 0 Å². The first-order chi connectivity index (χ1) is 13.5. The molecule has 0 spiro atoms. The summed E-state index contributed by atoms with van der Waals surface area (Å²) in [6, 6.07) is 15.9. The van der Waals surface area contributed by atoms with Gasteiger partial charge in [0.2, 0.25) is 5.95 Å². The minimum Gasteiger partial charge on any atom is -0.321 e. The number of anilines is 3. The number of aromatic nitrogens is 2. The molecule has 1 aromatic heterocycles. The summed E-state index contributed by atoms with van der Waals surface area (Å²) in [6.45, 7) is 6.83. The number of aryl methyl sites for hydroxylation is 4. The standard InChI is InChI=1S/C23H24N4O/c1-15-10-11-19(13-16(15)2)25-22(28)20-14-17(3)24-23(26-20)27-12-6-8-18-7-4-5-9-21(18)27/h4-5,7,9-11,13-14H,6,8,12H2,1-3H3,(H,25,28). The van der Waals surface area contributed by atoms with E-state index < -0.39 is 0 Å². The Balaban J connectivity index is 1.64. The number of para-hydroxylation sites is 1. The molecule has 5 nitrogen and oxygen atoms in total. The second-order valence-electron chi connectivity index (χ2n) is 7.33. The molecule has 0 saturated carbocycles. The van der Waals surface area contributed by atoms with Crippen LogP contribution >= 0.6 is 0 Å². The topological polar surface area (TPSA) is 58.1 Å². The third-order valence-corrected chi connectivity index (χ3v) is 5.19. The van der Waals surface area contributed by atoms with E-state index in [0.717, 1.165) is 42.0 Å². The monoisotopic (exact) mass is 372 g/mol. The van der Waals surface area contributed by atoms with E-state index in [1.54, 1.807) is 6.07 Å². The molecule has 3 aromatic rings. The van der Waals surface area contributed by atoms with Gasteiger partial charge in [0.05, 0.1) is 0 Å². The number of hydrogen-bond donors (Lipinski definition) is 1. The molecule has 0 atom stereocenters. The van der Waals surface area contributed by atoms with E-state index in [1.165, 1.54) is 11.1 Å². The Morgan fingerprint density at radius 3 is 2.64 bits per heavy atom.